The van der Waals surface area contributed by atoms with Gasteiger partial charge in [0.2, 0.25) is 0 Å². The molecular formula is C19H24O. The Morgan fingerprint density at radius 2 is 1.40 bits per heavy atom. The monoisotopic (exact) mass is 268 g/mol. The fraction of sp³-hybridized carbons (Fsp3) is 0.368. The highest BCUT2D eigenvalue weighted by Crippen LogP contribution is 2.12. The van der Waals surface area contributed by atoms with E-state index in [-0.39, 0.29) is 6.10 Å². The van der Waals surface area contributed by atoms with Crippen molar-refractivity contribution in [3.05, 3.63) is 70.8 Å². The largest absolute Gasteiger partial charge is 0.393 e. The molecule has 0 aromatic heterocycles. The van der Waals surface area contributed by atoms with Crippen molar-refractivity contribution in [3.63, 3.8) is 0 Å². The molecule has 106 valence electrons. The molecule has 1 atom stereocenters. The van der Waals surface area contributed by atoms with Crippen LogP contribution in [0.3, 0.4) is 0 Å². The first-order valence-corrected chi connectivity index (χ1v) is 7.49. The molecule has 0 radical (unpaired) electrons. The Kier molecular flexibility index (Phi) is 5.37. The first-order valence-electron chi connectivity index (χ1n) is 7.49. The average molecular weight is 268 g/mol. The average Bonchev–Trinajstić information content (AvgIpc) is 2.47. The lowest BCUT2D eigenvalue weighted by atomic mass is 10.00. The number of aryl methyl sites for hydroxylation is 3. The molecule has 1 nitrogen and oxygen atoms in total. The Balaban J connectivity index is 1.82. The van der Waals surface area contributed by atoms with E-state index in [1.54, 1.807) is 0 Å². The lowest BCUT2D eigenvalue weighted by molar-refractivity contribution is 0.165. The van der Waals surface area contributed by atoms with Crippen LogP contribution in [0.25, 0.3) is 0 Å². The highest BCUT2D eigenvalue weighted by atomic mass is 16.3. The molecule has 0 heterocycles. The van der Waals surface area contributed by atoms with Crippen molar-refractivity contribution >= 4 is 0 Å². The lowest BCUT2D eigenvalue weighted by Gasteiger charge is -2.11. The Morgan fingerprint density at radius 1 is 0.850 bits per heavy atom. The number of hydrogen-bond acceptors (Lipinski definition) is 1. The lowest BCUT2D eigenvalue weighted by Crippen LogP contribution is -2.11. The molecule has 2 aromatic carbocycles. The standard InChI is InChI=1S/C19H24O/c1-3-16-8-10-18(11-9-16)14-19(20)13-12-17-6-4-15(2)5-7-17/h4-11,19-20H,3,12-14H2,1-2H3. The maximum atomic E-state index is 10.1. The number of hydrogen-bond donors (Lipinski definition) is 1. The zero-order valence-corrected chi connectivity index (χ0v) is 12.5. The highest BCUT2D eigenvalue weighted by Gasteiger charge is 2.06. The summed E-state index contributed by atoms with van der Waals surface area (Å²) >= 11 is 0. The molecule has 0 saturated carbocycles. The number of aliphatic hydroxyl groups excluding tert-OH is 1. The first-order chi connectivity index (χ1) is 9.67. The van der Waals surface area contributed by atoms with Crippen molar-refractivity contribution in [3.8, 4) is 0 Å². The summed E-state index contributed by atoms with van der Waals surface area (Å²) in [7, 11) is 0. The van der Waals surface area contributed by atoms with E-state index in [1.807, 2.05) is 0 Å². The molecule has 2 aromatic rings. The minimum absolute atomic E-state index is 0.260. The third-order valence-corrected chi connectivity index (χ3v) is 3.79. The van der Waals surface area contributed by atoms with Gasteiger partial charge >= 0.3 is 0 Å². The minimum Gasteiger partial charge on any atom is -0.393 e. The quantitative estimate of drug-likeness (QED) is 0.836. The van der Waals surface area contributed by atoms with Gasteiger partial charge in [0.1, 0.15) is 0 Å². The van der Waals surface area contributed by atoms with E-state index in [2.05, 4.69) is 62.4 Å². The van der Waals surface area contributed by atoms with Crippen molar-refractivity contribution in [2.75, 3.05) is 0 Å². The molecule has 2 rings (SSSR count). The van der Waals surface area contributed by atoms with Crippen LogP contribution in [0.4, 0.5) is 0 Å². The van der Waals surface area contributed by atoms with Crippen LogP contribution in [-0.2, 0) is 19.3 Å². The van der Waals surface area contributed by atoms with Crippen molar-refractivity contribution in [2.45, 2.75) is 45.6 Å². The summed E-state index contributed by atoms with van der Waals surface area (Å²) in [5.74, 6) is 0. The van der Waals surface area contributed by atoms with E-state index < -0.39 is 0 Å². The number of benzene rings is 2. The highest BCUT2D eigenvalue weighted by molar-refractivity contribution is 5.23. The molecule has 0 bridgehead atoms. The van der Waals surface area contributed by atoms with Crippen LogP contribution in [0.2, 0.25) is 0 Å². The fourth-order valence-electron chi connectivity index (χ4n) is 2.37. The van der Waals surface area contributed by atoms with E-state index in [4.69, 9.17) is 0 Å². The molecule has 1 heteroatoms. The first kappa shape index (κ1) is 14.8. The van der Waals surface area contributed by atoms with E-state index in [0.29, 0.717) is 0 Å². The van der Waals surface area contributed by atoms with Gasteiger partial charge in [0.15, 0.2) is 0 Å². The second-order valence-electron chi connectivity index (χ2n) is 5.55. The molecule has 0 aliphatic rings. The van der Waals surface area contributed by atoms with Gasteiger partial charge < -0.3 is 5.11 Å². The Morgan fingerprint density at radius 3 is 2.00 bits per heavy atom. The molecule has 20 heavy (non-hydrogen) atoms. The summed E-state index contributed by atoms with van der Waals surface area (Å²) in [5, 5.41) is 10.1. The van der Waals surface area contributed by atoms with Gasteiger partial charge in [-0.3, -0.25) is 0 Å². The van der Waals surface area contributed by atoms with Gasteiger partial charge in [-0.25, -0.2) is 0 Å². The number of rotatable bonds is 6. The molecule has 0 aliphatic carbocycles. The third-order valence-electron chi connectivity index (χ3n) is 3.79. The van der Waals surface area contributed by atoms with Gasteiger partial charge in [-0.15, -0.1) is 0 Å². The van der Waals surface area contributed by atoms with Gasteiger partial charge in [0.25, 0.3) is 0 Å². The molecule has 0 amide bonds. The van der Waals surface area contributed by atoms with Gasteiger partial charge in [-0.2, -0.15) is 0 Å². The van der Waals surface area contributed by atoms with Crippen LogP contribution in [0.5, 0.6) is 0 Å². The normalized spacial score (nSPS) is 12.3. The van der Waals surface area contributed by atoms with Gasteiger partial charge in [0, 0.05) is 0 Å². The van der Waals surface area contributed by atoms with Gasteiger partial charge in [0.05, 0.1) is 6.10 Å². The molecule has 0 spiro atoms. The second-order valence-corrected chi connectivity index (χ2v) is 5.55. The second kappa shape index (κ2) is 7.25. The third kappa shape index (κ3) is 4.50. The summed E-state index contributed by atoms with van der Waals surface area (Å²) < 4.78 is 0. The van der Waals surface area contributed by atoms with Crippen molar-refractivity contribution < 1.29 is 5.11 Å². The Hall–Kier alpha value is -1.60. The Bertz CT molecular complexity index is 510. The van der Waals surface area contributed by atoms with Crippen molar-refractivity contribution in [1.29, 1.82) is 0 Å². The van der Waals surface area contributed by atoms with Crippen molar-refractivity contribution in [2.24, 2.45) is 0 Å². The smallest absolute Gasteiger partial charge is 0.0583 e. The predicted molar refractivity (Wildman–Crippen MR) is 85.0 cm³/mol. The molecule has 1 N–H and O–H groups in total. The maximum absolute atomic E-state index is 10.1. The van der Waals surface area contributed by atoms with Crippen LogP contribution in [-0.4, -0.2) is 11.2 Å². The minimum atomic E-state index is -0.260. The van der Waals surface area contributed by atoms with E-state index in [0.717, 1.165) is 25.7 Å². The fourth-order valence-corrected chi connectivity index (χ4v) is 2.37. The van der Waals surface area contributed by atoms with Crippen LogP contribution < -0.4 is 0 Å². The maximum Gasteiger partial charge on any atom is 0.0583 e. The van der Waals surface area contributed by atoms with Gasteiger partial charge in [-0.05, 0) is 49.3 Å². The summed E-state index contributed by atoms with van der Waals surface area (Å²) in [4.78, 5) is 0. The van der Waals surface area contributed by atoms with E-state index >= 15 is 0 Å². The Labute approximate surface area is 122 Å². The van der Waals surface area contributed by atoms with Crippen LogP contribution in [0.15, 0.2) is 48.5 Å². The summed E-state index contributed by atoms with van der Waals surface area (Å²) in [5.41, 5.74) is 5.16. The van der Waals surface area contributed by atoms with Crippen molar-refractivity contribution in [1.82, 2.24) is 0 Å². The molecular weight excluding hydrogens is 244 g/mol. The van der Waals surface area contributed by atoms with Crippen LogP contribution in [0, 0.1) is 6.92 Å². The van der Waals surface area contributed by atoms with E-state index in [9.17, 15) is 5.11 Å². The molecule has 1 unspecified atom stereocenters. The van der Waals surface area contributed by atoms with Crippen LogP contribution >= 0.6 is 0 Å². The molecule has 0 aliphatic heterocycles. The zero-order chi connectivity index (χ0) is 14.4. The topological polar surface area (TPSA) is 20.2 Å². The van der Waals surface area contributed by atoms with E-state index in [1.165, 1.54) is 22.3 Å². The summed E-state index contributed by atoms with van der Waals surface area (Å²) in [6.07, 6.45) is 3.31. The number of aliphatic hydroxyl groups is 1. The summed E-state index contributed by atoms with van der Waals surface area (Å²) in [6, 6.07) is 17.1. The molecule has 0 saturated heterocycles. The van der Waals surface area contributed by atoms with Gasteiger partial charge in [-0.1, -0.05) is 61.0 Å². The summed E-state index contributed by atoms with van der Waals surface area (Å²) in [6.45, 7) is 4.25. The SMILES string of the molecule is CCc1ccc(CC(O)CCc2ccc(C)cc2)cc1. The van der Waals surface area contributed by atoms with Crippen LogP contribution in [0.1, 0.15) is 35.6 Å². The zero-order valence-electron chi connectivity index (χ0n) is 12.5. The predicted octanol–water partition coefficient (Wildman–Crippen LogP) is 4.09. The molecule has 0 fully saturated rings.